The smallest absolute Gasteiger partial charge is 0.146 e. The van der Waals surface area contributed by atoms with E-state index in [1.54, 1.807) is 6.07 Å². The number of rotatable bonds is 11. The highest BCUT2D eigenvalue weighted by Gasteiger charge is 2.27. The van der Waals surface area contributed by atoms with E-state index in [0.29, 0.717) is 25.4 Å². The largest absolute Gasteiger partial charge is 0.491 e. The number of hydrogen-bond acceptors (Lipinski definition) is 5. The number of ether oxygens (including phenoxy) is 2. The minimum atomic E-state index is -0.556. The summed E-state index contributed by atoms with van der Waals surface area (Å²) in [7, 11) is 0. The van der Waals surface area contributed by atoms with Gasteiger partial charge in [-0.1, -0.05) is 58.9 Å². The van der Waals surface area contributed by atoms with Gasteiger partial charge in [0.1, 0.15) is 18.2 Å². The van der Waals surface area contributed by atoms with E-state index in [-0.39, 0.29) is 23.3 Å². The van der Waals surface area contributed by atoms with Crippen molar-refractivity contribution in [3.8, 4) is 5.75 Å². The second-order valence-electron chi connectivity index (χ2n) is 11.5. The fraction of sp³-hybridized carbons (Fsp3) is 0.586. The van der Waals surface area contributed by atoms with Crippen LogP contribution in [-0.4, -0.2) is 68.7 Å². The second-order valence-corrected chi connectivity index (χ2v) is 11.5. The predicted octanol–water partition coefficient (Wildman–Crippen LogP) is 5.12. The van der Waals surface area contributed by atoms with E-state index in [0.717, 1.165) is 38.3 Å². The summed E-state index contributed by atoms with van der Waals surface area (Å²) in [5.41, 5.74) is 2.35. The number of β-amino-alcohol motifs (C(OH)–C–C–N with tert-alkyl or cyclic N) is 1. The molecule has 3 rings (SSSR count). The van der Waals surface area contributed by atoms with Crippen molar-refractivity contribution in [2.75, 3.05) is 57.4 Å². The first-order valence-corrected chi connectivity index (χ1v) is 12.7. The van der Waals surface area contributed by atoms with E-state index in [2.05, 4.69) is 56.6 Å². The van der Waals surface area contributed by atoms with Gasteiger partial charge in [-0.3, -0.25) is 4.90 Å². The molecule has 1 aliphatic heterocycles. The summed E-state index contributed by atoms with van der Waals surface area (Å²) >= 11 is 0. The maximum absolute atomic E-state index is 14.0. The van der Waals surface area contributed by atoms with Gasteiger partial charge in [0.05, 0.1) is 25.0 Å². The molecule has 0 amide bonds. The number of benzene rings is 2. The van der Waals surface area contributed by atoms with E-state index in [4.69, 9.17) is 9.47 Å². The van der Waals surface area contributed by atoms with Gasteiger partial charge in [0.15, 0.2) is 0 Å². The van der Waals surface area contributed by atoms with E-state index in [1.807, 2.05) is 24.3 Å². The number of nitrogens with zero attached hydrogens (tertiary/aromatic N) is 2. The van der Waals surface area contributed by atoms with Crippen molar-refractivity contribution in [3.05, 3.63) is 59.9 Å². The van der Waals surface area contributed by atoms with Crippen molar-refractivity contribution in [2.45, 2.75) is 52.6 Å². The molecule has 1 aliphatic rings. The third kappa shape index (κ3) is 8.78. The van der Waals surface area contributed by atoms with Crippen LogP contribution < -0.4 is 9.64 Å². The molecule has 0 spiro atoms. The average Bonchev–Trinajstić information content (AvgIpc) is 2.79. The molecule has 1 heterocycles. The highest BCUT2D eigenvalue weighted by atomic mass is 19.1. The lowest BCUT2D eigenvalue weighted by Gasteiger charge is -2.36. The van der Waals surface area contributed by atoms with Crippen molar-refractivity contribution >= 4 is 5.69 Å². The summed E-state index contributed by atoms with van der Waals surface area (Å²) in [4.78, 5) is 4.26. The normalized spacial score (nSPS) is 16.4. The molecule has 1 fully saturated rings. The molecule has 0 aliphatic carbocycles. The Bertz CT molecular complexity index is 903. The fourth-order valence-electron chi connectivity index (χ4n) is 5.10. The molecule has 0 saturated carbocycles. The molecule has 194 valence electrons. The maximum atomic E-state index is 14.0. The molecule has 1 unspecified atom stereocenters. The molecule has 1 saturated heterocycles. The third-order valence-corrected chi connectivity index (χ3v) is 6.45. The van der Waals surface area contributed by atoms with E-state index in [9.17, 15) is 9.50 Å². The van der Waals surface area contributed by atoms with E-state index >= 15 is 0 Å². The van der Waals surface area contributed by atoms with Gasteiger partial charge in [0.25, 0.3) is 0 Å². The Morgan fingerprint density at radius 3 is 2.20 bits per heavy atom. The first-order valence-electron chi connectivity index (χ1n) is 12.7. The molecular weight excluding hydrogens is 443 g/mol. The van der Waals surface area contributed by atoms with Crippen LogP contribution in [0.5, 0.6) is 5.75 Å². The van der Waals surface area contributed by atoms with Crippen LogP contribution in [0, 0.1) is 11.2 Å². The summed E-state index contributed by atoms with van der Waals surface area (Å²) in [6.45, 7) is 16.2. The highest BCUT2D eigenvalue weighted by Crippen LogP contribution is 2.36. The molecule has 1 atom stereocenters. The quantitative estimate of drug-likeness (QED) is 0.447. The highest BCUT2D eigenvalue weighted by molar-refractivity contribution is 5.48. The summed E-state index contributed by atoms with van der Waals surface area (Å²) in [6, 6.07) is 15.2. The van der Waals surface area contributed by atoms with Crippen molar-refractivity contribution in [1.82, 2.24) is 4.90 Å². The van der Waals surface area contributed by atoms with Gasteiger partial charge in [-0.05, 0) is 47.1 Å². The van der Waals surface area contributed by atoms with Crippen molar-refractivity contribution in [2.24, 2.45) is 5.41 Å². The average molecular weight is 487 g/mol. The molecule has 0 aromatic heterocycles. The molecule has 6 heteroatoms. The van der Waals surface area contributed by atoms with Crippen molar-refractivity contribution in [3.63, 3.8) is 0 Å². The molecule has 5 nitrogen and oxygen atoms in total. The monoisotopic (exact) mass is 486 g/mol. The van der Waals surface area contributed by atoms with Gasteiger partial charge in [-0.15, -0.1) is 0 Å². The molecule has 2 aromatic carbocycles. The minimum absolute atomic E-state index is 0.112. The number of aliphatic hydroxyl groups excluding tert-OH is 1. The Morgan fingerprint density at radius 1 is 0.914 bits per heavy atom. The molecule has 2 aromatic rings. The summed E-state index contributed by atoms with van der Waals surface area (Å²) in [5, 5.41) is 10.4. The number of halogens is 1. The zero-order chi connectivity index (χ0) is 25.5. The lowest BCUT2D eigenvalue weighted by molar-refractivity contribution is 0.00716. The lowest BCUT2D eigenvalue weighted by atomic mass is 9.72. The Morgan fingerprint density at radius 2 is 1.57 bits per heavy atom. The van der Waals surface area contributed by atoms with Crippen LogP contribution in [0.2, 0.25) is 0 Å². The molecular formula is C29H43FN2O3. The van der Waals surface area contributed by atoms with Gasteiger partial charge < -0.3 is 19.5 Å². The van der Waals surface area contributed by atoms with Crippen LogP contribution >= 0.6 is 0 Å². The number of para-hydroxylation sites is 1. The van der Waals surface area contributed by atoms with Gasteiger partial charge in [-0.2, -0.15) is 0 Å². The molecule has 35 heavy (non-hydrogen) atoms. The number of piperazine rings is 1. The van der Waals surface area contributed by atoms with Crippen LogP contribution in [0.1, 0.15) is 46.6 Å². The van der Waals surface area contributed by atoms with E-state index < -0.39 is 6.10 Å². The lowest BCUT2D eigenvalue weighted by Crippen LogP contribution is -2.49. The second kappa shape index (κ2) is 12.2. The Kier molecular flexibility index (Phi) is 9.56. The zero-order valence-electron chi connectivity index (χ0n) is 22.1. The topological polar surface area (TPSA) is 45.2 Å². The van der Waals surface area contributed by atoms with Crippen LogP contribution in [0.25, 0.3) is 0 Å². The number of hydrogen-bond donors (Lipinski definition) is 1. The Labute approximate surface area is 210 Å². The van der Waals surface area contributed by atoms with E-state index in [1.165, 1.54) is 11.6 Å². The predicted molar refractivity (Wildman–Crippen MR) is 141 cm³/mol. The van der Waals surface area contributed by atoms with Crippen LogP contribution in [0.4, 0.5) is 10.1 Å². The first kappa shape index (κ1) is 27.4. The standard InChI is InChI=1S/C29H43FN2O3/c1-28(2,3)22-29(4,5)23-10-12-25(13-11-23)35-19-18-34-21-24(33)20-31-14-16-32(17-15-31)27-9-7-6-8-26(27)30/h6-13,24,33H,14-22H2,1-5H3. The SMILES string of the molecule is CC(C)(C)CC(C)(C)c1ccc(OCCOCC(O)CN2CCN(c3ccccc3F)CC2)cc1. The summed E-state index contributed by atoms with van der Waals surface area (Å²) < 4.78 is 25.4. The van der Waals surface area contributed by atoms with Gasteiger partial charge >= 0.3 is 0 Å². The van der Waals surface area contributed by atoms with Gasteiger partial charge in [-0.25, -0.2) is 4.39 Å². The molecule has 0 bridgehead atoms. The summed E-state index contributed by atoms with van der Waals surface area (Å²) in [6.07, 6.45) is 0.553. The Hall–Kier alpha value is -2.15. The minimum Gasteiger partial charge on any atom is -0.491 e. The van der Waals surface area contributed by atoms with Crippen LogP contribution in [0.15, 0.2) is 48.5 Å². The first-order chi connectivity index (χ1) is 16.5. The van der Waals surface area contributed by atoms with Crippen LogP contribution in [-0.2, 0) is 10.2 Å². The van der Waals surface area contributed by atoms with Crippen LogP contribution in [0.3, 0.4) is 0 Å². The molecule has 0 radical (unpaired) electrons. The van der Waals surface area contributed by atoms with Gasteiger partial charge in [0, 0.05) is 32.7 Å². The Balaban J connectivity index is 1.30. The third-order valence-electron chi connectivity index (χ3n) is 6.45. The summed E-state index contributed by atoms with van der Waals surface area (Å²) in [5.74, 6) is 0.647. The van der Waals surface area contributed by atoms with Gasteiger partial charge in [0.2, 0.25) is 0 Å². The zero-order valence-corrected chi connectivity index (χ0v) is 22.1. The maximum Gasteiger partial charge on any atom is 0.146 e. The van der Waals surface area contributed by atoms with Crippen molar-refractivity contribution in [1.29, 1.82) is 0 Å². The fourth-order valence-corrected chi connectivity index (χ4v) is 5.10. The molecule has 1 N–H and O–H groups in total. The van der Waals surface area contributed by atoms with Crippen molar-refractivity contribution < 1.29 is 19.0 Å². The number of anilines is 1. The number of aliphatic hydroxyl groups is 1.